The number of carbonyl (C=O) groups is 1. The van der Waals surface area contributed by atoms with Crippen LogP contribution >= 0.6 is 11.6 Å². The maximum atomic E-state index is 12.2. The van der Waals surface area contributed by atoms with Crippen LogP contribution in [-0.4, -0.2) is 17.0 Å². The molecule has 0 aliphatic carbocycles. The normalized spacial score (nSPS) is 21.1. The highest BCUT2D eigenvalue weighted by molar-refractivity contribution is 6.31. The van der Waals surface area contributed by atoms with Gasteiger partial charge in [-0.1, -0.05) is 41.9 Å². The molecule has 3 nitrogen and oxygen atoms in total. The number of ketones is 1. The van der Waals surface area contributed by atoms with Gasteiger partial charge in [0.1, 0.15) is 11.9 Å². The van der Waals surface area contributed by atoms with Crippen molar-refractivity contribution in [3.63, 3.8) is 0 Å². The highest BCUT2D eigenvalue weighted by Crippen LogP contribution is 2.41. The number of benzene rings is 2. The van der Waals surface area contributed by atoms with Gasteiger partial charge < -0.3 is 9.84 Å². The second-order valence-electron chi connectivity index (χ2n) is 4.41. The van der Waals surface area contributed by atoms with E-state index in [-0.39, 0.29) is 23.2 Å². The molecule has 1 aliphatic heterocycles. The molecule has 2 aromatic carbocycles. The lowest BCUT2D eigenvalue weighted by molar-refractivity contribution is 0.0951. The summed E-state index contributed by atoms with van der Waals surface area (Å²) in [6.07, 6.45) is -0.765. The fraction of sp³-hybridized carbons (Fsp3) is 0.133. The monoisotopic (exact) mass is 274 g/mol. The Morgan fingerprint density at radius 3 is 2.63 bits per heavy atom. The number of phenols is 1. The summed E-state index contributed by atoms with van der Waals surface area (Å²) in [7, 11) is 0. The molecule has 1 aliphatic rings. The molecular weight excluding hydrogens is 264 g/mol. The Labute approximate surface area is 115 Å². The molecule has 1 saturated heterocycles. The van der Waals surface area contributed by atoms with E-state index in [1.807, 2.05) is 30.3 Å². The Bertz CT molecular complexity index is 625. The second kappa shape index (κ2) is 4.68. The fourth-order valence-electron chi connectivity index (χ4n) is 2.07. The van der Waals surface area contributed by atoms with Crippen molar-refractivity contribution in [1.82, 2.24) is 0 Å². The SMILES string of the molecule is O=C(c1cc(Cl)ccc1O)C1OC1c1ccccc1. The standard InChI is InChI=1S/C15H11ClO3/c16-10-6-7-12(17)11(8-10)13(18)15-14(19-15)9-4-2-1-3-5-9/h1-8,14-15,17H. The first kappa shape index (κ1) is 12.2. The summed E-state index contributed by atoms with van der Waals surface area (Å²) >= 11 is 5.84. The van der Waals surface area contributed by atoms with Crippen LogP contribution < -0.4 is 0 Å². The molecule has 2 atom stereocenters. The van der Waals surface area contributed by atoms with E-state index >= 15 is 0 Å². The number of rotatable bonds is 3. The van der Waals surface area contributed by atoms with Crippen LogP contribution in [0.2, 0.25) is 5.02 Å². The quantitative estimate of drug-likeness (QED) is 0.690. The summed E-state index contributed by atoms with van der Waals surface area (Å²) in [6, 6.07) is 13.9. The Hall–Kier alpha value is -1.84. The van der Waals surface area contributed by atoms with Crippen LogP contribution in [0.1, 0.15) is 22.0 Å². The van der Waals surface area contributed by atoms with Crippen molar-refractivity contribution >= 4 is 17.4 Å². The van der Waals surface area contributed by atoms with Gasteiger partial charge in [-0.2, -0.15) is 0 Å². The smallest absolute Gasteiger partial charge is 0.198 e. The number of Topliss-reactive ketones (excluding diaryl/α,β-unsaturated/α-hetero) is 1. The predicted molar refractivity (Wildman–Crippen MR) is 71.5 cm³/mol. The van der Waals surface area contributed by atoms with E-state index in [0.717, 1.165) is 5.56 Å². The number of ether oxygens (including phenoxy) is 1. The molecular formula is C15H11ClO3. The van der Waals surface area contributed by atoms with Crippen LogP contribution in [-0.2, 0) is 4.74 Å². The number of hydrogen-bond donors (Lipinski definition) is 1. The number of halogens is 1. The molecule has 2 unspecified atom stereocenters. The van der Waals surface area contributed by atoms with Crippen LogP contribution in [0.3, 0.4) is 0 Å². The summed E-state index contributed by atoms with van der Waals surface area (Å²) < 4.78 is 5.41. The fourth-order valence-corrected chi connectivity index (χ4v) is 2.24. The van der Waals surface area contributed by atoms with Crippen molar-refractivity contribution in [1.29, 1.82) is 0 Å². The van der Waals surface area contributed by atoms with Crippen molar-refractivity contribution in [2.45, 2.75) is 12.2 Å². The molecule has 1 heterocycles. The van der Waals surface area contributed by atoms with Crippen LogP contribution in [0, 0.1) is 0 Å². The predicted octanol–water partition coefficient (Wildman–Crippen LogP) is 3.37. The molecule has 0 saturated carbocycles. The van der Waals surface area contributed by atoms with E-state index in [0.29, 0.717) is 5.02 Å². The first-order valence-corrected chi connectivity index (χ1v) is 6.28. The summed E-state index contributed by atoms with van der Waals surface area (Å²) in [6.45, 7) is 0. The zero-order valence-electron chi connectivity index (χ0n) is 9.92. The molecule has 1 N–H and O–H groups in total. The molecule has 0 amide bonds. The zero-order chi connectivity index (χ0) is 13.4. The van der Waals surface area contributed by atoms with Crippen molar-refractivity contribution in [2.24, 2.45) is 0 Å². The molecule has 4 heteroatoms. The molecule has 2 aromatic rings. The van der Waals surface area contributed by atoms with Gasteiger partial charge in [0.15, 0.2) is 11.9 Å². The minimum absolute atomic E-state index is 0.0725. The Kier molecular flexibility index (Phi) is 3.01. The van der Waals surface area contributed by atoms with Crippen molar-refractivity contribution in [2.75, 3.05) is 0 Å². The third kappa shape index (κ3) is 2.35. The largest absolute Gasteiger partial charge is 0.507 e. The van der Waals surface area contributed by atoms with E-state index in [1.54, 1.807) is 0 Å². The number of hydrogen-bond acceptors (Lipinski definition) is 3. The van der Waals surface area contributed by atoms with Gasteiger partial charge in [-0.25, -0.2) is 0 Å². The number of carbonyl (C=O) groups excluding carboxylic acids is 1. The zero-order valence-corrected chi connectivity index (χ0v) is 10.7. The van der Waals surface area contributed by atoms with Crippen molar-refractivity contribution in [3.8, 4) is 5.75 Å². The minimum Gasteiger partial charge on any atom is -0.507 e. The van der Waals surface area contributed by atoms with Gasteiger partial charge in [-0.3, -0.25) is 4.79 Å². The first-order valence-electron chi connectivity index (χ1n) is 5.90. The number of aromatic hydroxyl groups is 1. The van der Waals surface area contributed by atoms with Crippen LogP contribution in [0.4, 0.5) is 0 Å². The lowest BCUT2D eigenvalue weighted by atomic mass is 10.0. The second-order valence-corrected chi connectivity index (χ2v) is 4.85. The van der Waals surface area contributed by atoms with Crippen LogP contribution in [0.25, 0.3) is 0 Å². The third-order valence-corrected chi connectivity index (χ3v) is 3.34. The number of epoxide rings is 1. The van der Waals surface area contributed by atoms with Gasteiger partial charge in [0.25, 0.3) is 0 Å². The number of phenolic OH excluding ortho intramolecular Hbond substituents is 1. The first-order chi connectivity index (χ1) is 9.16. The van der Waals surface area contributed by atoms with Crippen LogP contribution in [0.5, 0.6) is 5.75 Å². The van der Waals surface area contributed by atoms with Crippen LogP contribution in [0.15, 0.2) is 48.5 Å². The van der Waals surface area contributed by atoms with Gasteiger partial charge in [0.2, 0.25) is 0 Å². The molecule has 3 rings (SSSR count). The highest BCUT2D eigenvalue weighted by Gasteiger charge is 2.46. The maximum Gasteiger partial charge on any atom is 0.198 e. The molecule has 19 heavy (non-hydrogen) atoms. The minimum atomic E-state index is -0.535. The Balaban J connectivity index is 1.82. The average Bonchev–Trinajstić information content (AvgIpc) is 3.22. The van der Waals surface area contributed by atoms with Gasteiger partial charge in [0, 0.05) is 5.02 Å². The summed E-state index contributed by atoms with van der Waals surface area (Å²) in [5, 5.41) is 10.1. The van der Waals surface area contributed by atoms with Gasteiger partial charge in [-0.05, 0) is 23.8 Å². The lowest BCUT2D eigenvalue weighted by Gasteiger charge is -2.02. The molecule has 1 fully saturated rings. The third-order valence-electron chi connectivity index (χ3n) is 3.10. The molecule has 0 bridgehead atoms. The summed E-state index contributed by atoms with van der Waals surface area (Å²) in [4.78, 5) is 12.2. The molecule has 0 radical (unpaired) electrons. The summed E-state index contributed by atoms with van der Waals surface area (Å²) in [5.41, 5.74) is 1.17. The molecule has 0 spiro atoms. The molecule has 0 aromatic heterocycles. The van der Waals surface area contributed by atoms with E-state index < -0.39 is 6.10 Å². The summed E-state index contributed by atoms with van der Waals surface area (Å²) in [5.74, 6) is -0.314. The van der Waals surface area contributed by atoms with E-state index in [9.17, 15) is 9.90 Å². The van der Waals surface area contributed by atoms with Crippen molar-refractivity contribution in [3.05, 3.63) is 64.7 Å². The Morgan fingerprint density at radius 1 is 1.16 bits per heavy atom. The van der Waals surface area contributed by atoms with Gasteiger partial charge in [-0.15, -0.1) is 0 Å². The van der Waals surface area contributed by atoms with Gasteiger partial charge >= 0.3 is 0 Å². The van der Waals surface area contributed by atoms with E-state index in [2.05, 4.69) is 0 Å². The maximum absolute atomic E-state index is 12.2. The topological polar surface area (TPSA) is 49.8 Å². The van der Waals surface area contributed by atoms with Crippen molar-refractivity contribution < 1.29 is 14.6 Å². The Morgan fingerprint density at radius 2 is 1.89 bits per heavy atom. The van der Waals surface area contributed by atoms with E-state index in [4.69, 9.17) is 16.3 Å². The molecule has 96 valence electrons. The average molecular weight is 275 g/mol. The highest BCUT2D eigenvalue weighted by atomic mass is 35.5. The van der Waals surface area contributed by atoms with Gasteiger partial charge in [0.05, 0.1) is 5.56 Å². The van der Waals surface area contributed by atoms with E-state index in [1.165, 1.54) is 18.2 Å². The lowest BCUT2D eigenvalue weighted by Crippen LogP contribution is -2.08.